The molecule has 1 atom stereocenters. The highest BCUT2D eigenvalue weighted by molar-refractivity contribution is 5.93. The van der Waals surface area contributed by atoms with Crippen molar-refractivity contribution >= 4 is 29.0 Å². The highest BCUT2D eigenvalue weighted by Crippen LogP contribution is 2.35. The third-order valence-corrected chi connectivity index (χ3v) is 5.90. The topological polar surface area (TPSA) is 69.6 Å². The Bertz CT molecular complexity index is 1190. The smallest absolute Gasteiger partial charge is 0.407 e. The number of aromatic nitrogens is 1. The molecule has 1 aromatic heterocycles. The fraction of sp³-hybridized carbons (Fsp3) is 0.308. The Labute approximate surface area is 192 Å². The van der Waals surface area contributed by atoms with Crippen molar-refractivity contribution in [2.45, 2.75) is 45.4 Å². The van der Waals surface area contributed by atoms with E-state index in [1.54, 1.807) is 13.0 Å². The summed E-state index contributed by atoms with van der Waals surface area (Å²) in [6, 6.07) is 12.2. The van der Waals surface area contributed by atoms with E-state index in [9.17, 15) is 14.0 Å². The quantitative estimate of drug-likeness (QED) is 0.527. The first-order valence-electron chi connectivity index (χ1n) is 11.1. The van der Waals surface area contributed by atoms with E-state index in [1.165, 1.54) is 12.1 Å². The molecule has 0 saturated heterocycles. The molecule has 3 aromatic rings. The van der Waals surface area contributed by atoms with Gasteiger partial charge in [-0.05, 0) is 49.4 Å². The molecule has 2 aromatic carbocycles. The summed E-state index contributed by atoms with van der Waals surface area (Å²) in [5, 5.41) is 3.66. The zero-order valence-corrected chi connectivity index (χ0v) is 18.6. The zero-order valence-electron chi connectivity index (χ0n) is 18.6. The number of nitrogens with one attached hydrogen (secondary N) is 1. The number of esters is 1. The van der Waals surface area contributed by atoms with Crippen molar-refractivity contribution in [3.05, 3.63) is 77.2 Å². The fourth-order valence-electron chi connectivity index (χ4n) is 4.50. The van der Waals surface area contributed by atoms with E-state index >= 15 is 0 Å². The number of nitrogens with zero attached hydrogens (tertiary/aromatic N) is 1. The van der Waals surface area contributed by atoms with Gasteiger partial charge in [0.1, 0.15) is 19.0 Å². The Morgan fingerprint density at radius 1 is 1.24 bits per heavy atom. The maximum absolute atomic E-state index is 14.4. The minimum atomic E-state index is -0.486. The van der Waals surface area contributed by atoms with Crippen LogP contribution in [0, 0.1) is 5.82 Å². The van der Waals surface area contributed by atoms with Crippen LogP contribution in [0.15, 0.2) is 49.0 Å². The van der Waals surface area contributed by atoms with Gasteiger partial charge in [0.2, 0.25) is 0 Å². The minimum absolute atomic E-state index is 0.0450. The summed E-state index contributed by atoms with van der Waals surface area (Å²) in [7, 11) is 0. The van der Waals surface area contributed by atoms with Gasteiger partial charge in [-0.25, -0.2) is 9.18 Å². The van der Waals surface area contributed by atoms with Crippen LogP contribution in [0.5, 0.6) is 0 Å². The van der Waals surface area contributed by atoms with E-state index in [2.05, 4.69) is 11.9 Å². The maximum Gasteiger partial charge on any atom is 0.407 e. The van der Waals surface area contributed by atoms with E-state index in [4.69, 9.17) is 9.47 Å². The van der Waals surface area contributed by atoms with Gasteiger partial charge >= 0.3 is 12.1 Å². The molecule has 172 valence electrons. The summed E-state index contributed by atoms with van der Waals surface area (Å²) in [5.74, 6) is -0.716. The van der Waals surface area contributed by atoms with Gasteiger partial charge < -0.3 is 19.4 Å². The van der Waals surface area contributed by atoms with Crippen LogP contribution in [-0.2, 0) is 40.3 Å². The van der Waals surface area contributed by atoms with Gasteiger partial charge in [-0.3, -0.25) is 4.79 Å². The Morgan fingerprint density at radius 3 is 2.76 bits per heavy atom. The second-order valence-electron chi connectivity index (χ2n) is 8.06. The molecule has 0 bridgehead atoms. The number of hydrogen-bond donors (Lipinski definition) is 1. The number of halogens is 1. The normalized spacial score (nSPS) is 15.0. The lowest BCUT2D eigenvalue weighted by Gasteiger charge is -2.24. The van der Waals surface area contributed by atoms with Crippen LogP contribution in [0.4, 0.5) is 9.18 Å². The largest absolute Gasteiger partial charge is 0.465 e. The number of ether oxygens (including phenoxy) is 2. The average molecular weight is 451 g/mol. The molecular weight excluding hydrogens is 423 g/mol. The van der Waals surface area contributed by atoms with Crippen LogP contribution in [0.2, 0.25) is 0 Å². The molecule has 1 heterocycles. The predicted octanol–water partition coefficient (Wildman–Crippen LogP) is 4.77. The van der Waals surface area contributed by atoms with Crippen molar-refractivity contribution in [3.63, 3.8) is 0 Å². The zero-order chi connectivity index (χ0) is 23.4. The van der Waals surface area contributed by atoms with Gasteiger partial charge in [0.25, 0.3) is 0 Å². The molecule has 1 aliphatic carbocycles. The predicted molar refractivity (Wildman–Crippen MR) is 124 cm³/mol. The summed E-state index contributed by atoms with van der Waals surface area (Å²) < 4.78 is 26.8. The molecule has 7 heteroatoms. The van der Waals surface area contributed by atoms with E-state index in [0.29, 0.717) is 31.4 Å². The second kappa shape index (κ2) is 9.90. The highest BCUT2D eigenvalue weighted by atomic mass is 19.1. The molecule has 1 unspecified atom stereocenters. The van der Waals surface area contributed by atoms with Gasteiger partial charge in [-0.1, -0.05) is 43.0 Å². The van der Waals surface area contributed by atoms with Gasteiger partial charge in [0.05, 0.1) is 12.1 Å². The number of fused-ring (bicyclic) bond motifs is 3. The van der Waals surface area contributed by atoms with Crippen molar-refractivity contribution in [1.29, 1.82) is 0 Å². The summed E-state index contributed by atoms with van der Waals surface area (Å²) in [6.07, 6.45) is 2.93. The third kappa shape index (κ3) is 4.92. The van der Waals surface area contributed by atoms with Crippen LogP contribution in [0.1, 0.15) is 35.7 Å². The molecule has 0 saturated carbocycles. The number of carbonyl (C=O) groups is 2. The molecule has 33 heavy (non-hydrogen) atoms. The van der Waals surface area contributed by atoms with E-state index in [1.807, 2.05) is 34.9 Å². The molecule has 1 amide bonds. The molecule has 1 N–H and O–H groups in total. The van der Waals surface area contributed by atoms with Crippen molar-refractivity contribution < 1.29 is 23.5 Å². The third-order valence-electron chi connectivity index (χ3n) is 5.90. The number of rotatable bonds is 7. The van der Waals surface area contributed by atoms with Crippen LogP contribution >= 0.6 is 0 Å². The van der Waals surface area contributed by atoms with Crippen LogP contribution in [0.25, 0.3) is 17.0 Å². The SMILES string of the molecule is C=Cc1cc(F)cc2c3c(n(CC(=O)OCC)c12)CCC(NC(=O)OCc1ccccc1)C3. The molecule has 6 nitrogen and oxygen atoms in total. The van der Waals surface area contributed by atoms with Crippen molar-refractivity contribution in [2.24, 2.45) is 0 Å². The van der Waals surface area contributed by atoms with Gasteiger partial charge in [-0.2, -0.15) is 0 Å². The van der Waals surface area contributed by atoms with Crippen LogP contribution in [-0.4, -0.2) is 29.3 Å². The number of alkyl carbamates (subject to hydrolysis) is 1. The van der Waals surface area contributed by atoms with Crippen LogP contribution < -0.4 is 5.32 Å². The average Bonchev–Trinajstić information content (AvgIpc) is 3.10. The van der Waals surface area contributed by atoms with Crippen LogP contribution in [0.3, 0.4) is 0 Å². The molecule has 0 spiro atoms. The Kier molecular flexibility index (Phi) is 6.77. The monoisotopic (exact) mass is 450 g/mol. The minimum Gasteiger partial charge on any atom is -0.465 e. The lowest BCUT2D eigenvalue weighted by molar-refractivity contribution is -0.143. The van der Waals surface area contributed by atoms with Crippen molar-refractivity contribution in [1.82, 2.24) is 9.88 Å². The van der Waals surface area contributed by atoms with Gasteiger partial charge in [0.15, 0.2) is 0 Å². The first-order chi connectivity index (χ1) is 16.0. The van der Waals surface area contributed by atoms with E-state index in [-0.39, 0.29) is 31.0 Å². The Hall–Kier alpha value is -3.61. The first kappa shape index (κ1) is 22.6. The summed E-state index contributed by atoms with van der Waals surface area (Å²) in [4.78, 5) is 24.7. The molecular formula is C26H27FN2O4. The molecule has 0 aliphatic heterocycles. The number of hydrogen-bond acceptors (Lipinski definition) is 4. The summed E-state index contributed by atoms with van der Waals surface area (Å²) in [5.41, 5.74) is 4.18. The first-order valence-corrected chi connectivity index (χ1v) is 11.1. The van der Waals surface area contributed by atoms with Gasteiger partial charge in [-0.15, -0.1) is 0 Å². The maximum atomic E-state index is 14.4. The Morgan fingerprint density at radius 2 is 2.03 bits per heavy atom. The summed E-state index contributed by atoms with van der Waals surface area (Å²) >= 11 is 0. The molecule has 0 fully saturated rings. The molecule has 4 rings (SSSR count). The highest BCUT2D eigenvalue weighted by Gasteiger charge is 2.28. The molecule has 1 aliphatic rings. The lowest BCUT2D eigenvalue weighted by Crippen LogP contribution is -2.39. The van der Waals surface area contributed by atoms with E-state index in [0.717, 1.165) is 27.7 Å². The number of amides is 1. The molecule has 0 radical (unpaired) electrons. The van der Waals surface area contributed by atoms with Crippen molar-refractivity contribution in [3.8, 4) is 0 Å². The van der Waals surface area contributed by atoms with E-state index < -0.39 is 6.09 Å². The van der Waals surface area contributed by atoms with Crippen molar-refractivity contribution in [2.75, 3.05) is 6.61 Å². The number of carbonyl (C=O) groups excluding carboxylic acids is 2. The second-order valence-corrected chi connectivity index (χ2v) is 8.06. The summed E-state index contributed by atoms with van der Waals surface area (Å²) in [6.45, 7) is 6.11. The standard InChI is InChI=1S/C26H27FN2O4/c1-3-18-12-19(27)13-22-21-14-20(28-26(31)33-16-17-8-6-5-7-9-17)10-11-23(21)29(25(18)22)15-24(30)32-4-2/h3,5-9,12-13,20H,1,4,10-11,14-16H2,2H3,(H,28,31). The van der Waals surface area contributed by atoms with Gasteiger partial charge in [0, 0.05) is 22.7 Å². The number of benzene rings is 2. The fourth-order valence-corrected chi connectivity index (χ4v) is 4.50. The Balaban J connectivity index is 1.58. The lowest BCUT2D eigenvalue weighted by atomic mass is 9.91.